The predicted molar refractivity (Wildman–Crippen MR) is 233 cm³/mol. The zero-order valence-corrected chi connectivity index (χ0v) is 35.9. The van der Waals surface area contributed by atoms with Gasteiger partial charge < -0.3 is 36.8 Å². The number of ketones is 1. The van der Waals surface area contributed by atoms with Crippen LogP contribution < -0.4 is 37.2 Å². The van der Waals surface area contributed by atoms with Crippen molar-refractivity contribution >= 4 is 52.4 Å². The molecule has 66 heavy (non-hydrogen) atoms. The van der Waals surface area contributed by atoms with Crippen molar-refractivity contribution in [2.45, 2.75) is 37.8 Å². The number of urea groups is 2. The molecule has 0 spiro atoms. The normalized spacial score (nSPS) is 18.1. The number of carbonyl (C=O) groups is 5. The third-order valence-electron chi connectivity index (χ3n) is 11.6. The number of likely N-dealkylation sites (N-methyl/N-ethyl adjacent to an activating group) is 1. The molecule has 0 unspecified atom stereocenters. The number of halogens is 6. The molecule has 0 saturated heterocycles. The van der Waals surface area contributed by atoms with Gasteiger partial charge in [-0.15, -0.1) is 0 Å². The molecule has 0 bridgehead atoms. The Balaban J connectivity index is 1.07. The third kappa shape index (κ3) is 9.68. The van der Waals surface area contributed by atoms with E-state index in [0.717, 1.165) is 41.0 Å². The summed E-state index contributed by atoms with van der Waals surface area (Å²) in [6, 6.07) is 17.1. The molecule has 14 nitrogen and oxygen atoms in total. The van der Waals surface area contributed by atoms with Gasteiger partial charge in [-0.2, -0.15) is 26.3 Å². The highest BCUT2D eigenvalue weighted by Gasteiger charge is 2.46. The lowest BCUT2D eigenvalue weighted by Gasteiger charge is -2.36. The van der Waals surface area contributed by atoms with E-state index in [9.17, 15) is 50.3 Å². The summed E-state index contributed by atoms with van der Waals surface area (Å²) in [6.45, 7) is 2.07. The molecule has 3 aliphatic heterocycles. The number of carbonyl (C=O) groups excluding carboxylic acids is 5. The molecule has 7 rings (SSSR count). The van der Waals surface area contributed by atoms with Gasteiger partial charge >= 0.3 is 24.4 Å². The largest absolute Gasteiger partial charge is 0.416 e. The molecule has 346 valence electrons. The van der Waals surface area contributed by atoms with Crippen molar-refractivity contribution in [2.24, 2.45) is 0 Å². The number of amides is 6. The Morgan fingerprint density at radius 2 is 1.23 bits per heavy atom. The van der Waals surface area contributed by atoms with E-state index in [1.807, 2.05) is 14.1 Å². The van der Waals surface area contributed by atoms with Crippen LogP contribution in [-0.2, 0) is 26.7 Å². The maximum absolute atomic E-state index is 14.2. The first-order chi connectivity index (χ1) is 31.0. The lowest BCUT2D eigenvalue weighted by Crippen LogP contribution is -2.51. The molecule has 20 heteroatoms. The van der Waals surface area contributed by atoms with Gasteiger partial charge in [0, 0.05) is 31.3 Å². The molecule has 4 aromatic rings. The number of nitrogen functional groups attached to an aromatic ring is 2. The number of rotatable bonds is 13. The summed E-state index contributed by atoms with van der Waals surface area (Å²) in [5.74, 6) is -1.93. The number of nitrogens with two attached hydrogens (primary N) is 2. The van der Waals surface area contributed by atoms with E-state index in [-0.39, 0.29) is 47.9 Å². The Bertz CT molecular complexity index is 2650. The number of anilines is 4. The number of hydrogen-bond acceptors (Lipinski definition) is 7. The van der Waals surface area contributed by atoms with Crippen molar-refractivity contribution in [1.82, 2.24) is 20.9 Å². The van der Waals surface area contributed by atoms with Crippen molar-refractivity contribution in [2.75, 3.05) is 68.1 Å². The average Bonchev–Trinajstić information content (AvgIpc) is 3.58. The van der Waals surface area contributed by atoms with Gasteiger partial charge in [-0.25, -0.2) is 9.59 Å². The summed E-state index contributed by atoms with van der Waals surface area (Å²) >= 11 is 0. The van der Waals surface area contributed by atoms with Crippen LogP contribution in [0.4, 0.5) is 58.7 Å². The number of benzene rings is 4. The van der Waals surface area contributed by atoms with E-state index in [0.29, 0.717) is 52.6 Å². The van der Waals surface area contributed by atoms with E-state index < -0.39 is 70.9 Å². The number of quaternary nitrogens is 1. The summed E-state index contributed by atoms with van der Waals surface area (Å²) in [7, 11) is 3.79. The van der Waals surface area contributed by atoms with Crippen molar-refractivity contribution < 1.29 is 54.8 Å². The maximum atomic E-state index is 14.2. The summed E-state index contributed by atoms with van der Waals surface area (Å²) < 4.78 is 82.8. The highest BCUT2D eigenvalue weighted by molar-refractivity contribution is 6.16. The summed E-state index contributed by atoms with van der Waals surface area (Å²) in [6.07, 6.45) is -9.09. The third-order valence-corrected chi connectivity index (χ3v) is 11.6. The fourth-order valence-corrected chi connectivity index (χ4v) is 8.23. The predicted octanol–water partition coefficient (Wildman–Crippen LogP) is 6.65. The lowest BCUT2D eigenvalue weighted by molar-refractivity contribution is -0.889. The fourth-order valence-electron chi connectivity index (χ4n) is 8.23. The van der Waals surface area contributed by atoms with Crippen LogP contribution in [0.1, 0.15) is 47.7 Å². The van der Waals surface area contributed by atoms with Crippen molar-refractivity contribution in [3.63, 3.8) is 0 Å². The second-order valence-electron chi connectivity index (χ2n) is 16.8. The minimum Gasteiger partial charge on any atom is -0.399 e. The average molecular weight is 919 g/mol. The zero-order valence-electron chi connectivity index (χ0n) is 35.9. The second kappa shape index (κ2) is 17.9. The lowest BCUT2D eigenvalue weighted by atomic mass is 9.92. The summed E-state index contributed by atoms with van der Waals surface area (Å²) in [5.41, 5.74) is 11.0. The van der Waals surface area contributed by atoms with Crippen LogP contribution >= 0.6 is 0 Å². The molecule has 4 aromatic carbocycles. The second-order valence-corrected chi connectivity index (χ2v) is 16.8. The molecule has 6 amide bonds. The SMILES string of the molecule is CC(=O)C1=C(C(=O)NCCC[N+](C)(C)CCN2CC3=C(C2=O)[C@@H](c2ccc(N)cc2)NC(=O)N3c2cccc(C(F)(F)F)c2)[C@@H](c2ccc(N)cc2)NC(=O)N1c1cccc(C(F)(F)F)c1. The molecule has 0 radical (unpaired) electrons. The number of nitrogens with zero attached hydrogens (tertiary/aromatic N) is 4. The highest BCUT2D eigenvalue weighted by Crippen LogP contribution is 2.41. The van der Waals surface area contributed by atoms with E-state index in [1.165, 1.54) is 35.2 Å². The van der Waals surface area contributed by atoms with Crippen LogP contribution in [0.25, 0.3) is 0 Å². The van der Waals surface area contributed by atoms with Crippen LogP contribution in [0.3, 0.4) is 0 Å². The van der Waals surface area contributed by atoms with Crippen molar-refractivity contribution in [3.8, 4) is 0 Å². The zero-order chi connectivity index (χ0) is 47.9. The molecule has 0 fully saturated rings. The van der Waals surface area contributed by atoms with E-state index in [1.54, 1.807) is 36.4 Å². The van der Waals surface area contributed by atoms with E-state index >= 15 is 0 Å². The molecule has 2 atom stereocenters. The molecule has 0 aliphatic carbocycles. The number of Topliss-reactive ketones (excluding diaryl/α,β-unsaturated/α-hetero) is 1. The monoisotopic (exact) mass is 918 g/mol. The van der Waals surface area contributed by atoms with Gasteiger partial charge in [-0.05, 0) is 71.8 Å². The highest BCUT2D eigenvalue weighted by atomic mass is 19.4. The Morgan fingerprint density at radius 3 is 1.76 bits per heavy atom. The first-order valence-electron chi connectivity index (χ1n) is 20.7. The van der Waals surface area contributed by atoms with Gasteiger partial charge in [0.2, 0.25) is 0 Å². The summed E-state index contributed by atoms with van der Waals surface area (Å²) in [5, 5.41) is 8.27. The molecule has 7 N–H and O–H groups in total. The molecular weight excluding hydrogens is 873 g/mol. The van der Waals surface area contributed by atoms with Crippen molar-refractivity contribution in [3.05, 3.63) is 142 Å². The first-order valence-corrected chi connectivity index (χ1v) is 20.7. The number of hydrogen-bond donors (Lipinski definition) is 5. The van der Waals surface area contributed by atoms with Crippen LogP contribution in [0.5, 0.6) is 0 Å². The number of nitrogens with one attached hydrogen (secondary N) is 3. The first kappa shape index (κ1) is 46.6. The van der Waals surface area contributed by atoms with Gasteiger partial charge in [-0.1, -0.05) is 36.4 Å². The fraction of sp³-hybridized carbons (Fsp3) is 0.283. The van der Waals surface area contributed by atoms with E-state index in [4.69, 9.17) is 11.5 Å². The number of allylic oxidation sites excluding steroid dienone is 1. The molecular formula is C46H46F6N9O5+. The molecule has 0 saturated carbocycles. The Morgan fingerprint density at radius 1 is 0.727 bits per heavy atom. The van der Waals surface area contributed by atoms with E-state index in [2.05, 4.69) is 16.0 Å². The molecule has 3 aliphatic rings. The topological polar surface area (TPSA) is 183 Å². The molecule has 0 aromatic heterocycles. The van der Waals surface area contributed by atoms with Crippen LogP contribution in [0.15, 0.2) is 120 Å². The van der Waals surface area contributed by atoms with Crippen molar-refractivity contribution in [1.29, 1.82) is 0 Å². The maximum Gasteiger partial charge on any atom is 0.416 e. The Labute approximate surface area is 375 Å². The minimum absolute atomic E-state index is 0.0582. The van der Waals surface area contributed by atoms with Gasteiger partial charge in [-0.3, -0.25) is 24.2 Å². The Hall–Kier alpha value is -7.35. The van der Waals surface area contributed by atoms with Gasteiger partial charge in [0.15, 0.2) is 5.78 Å². The smallest absolute Gasteiger partial charge is 0.399 e. The standard InChI is InChI=1S/C46H45F6N9O5/c1-26(62)40-37(39(28-13-17-32(54)18-14-28)57-44(66)60(40)34-10-5-8-30(24-34)46(50,51)52)41(63)55-19-6-21-61(2,3)22-20-58-25-35-36(42(58)64)38(27-11-15-31(53)16-12-27)56-43(65)59(35)33-9-4-7-29(23-33)45(47,48)49/h4-5,7-18,23-24,38-39H,6,19-22,25,53-54H2,1-3H3,(H2-,55,56,57,63,65,66)/p+1/t38-,39-/m1/s1. The Kier molecular flexibility index (Phi) is 12.7. The number of alkyl halides is 6. The molecule has 3 heterocycles. The van der Waals surface area contributed by atoms with Gasteiger partial charge in [0.05, 0.1) is 91.7 Å². The quantitative estimate of drug-likeness (QED) is 0.0431. The van der Waals surface area contributed by atoms with Gasteiger partial charge in [0.1, 0.15) is 5.70 Å². The van der Waals surface area contributed by atoms with Gasteiger partial charge in [0.25, 0.3) is 11.8 Å². The van der Waals surface area contributed by atoms with Crippen LogP contribution in [0.2, 0.25) is 0 Å². The van der Waals surface area contributed by atoms with Crippen LogP contribution in [-0.4, -0.2) is 85.9 Å². The summed E-state index contributed by atoms with van der Waals surface area (Å²) in [4.78, 5) is 72.5. The minimum atomic E-state index is -4.77. The van der Waals surface area contributed by atoms with Crippen LogP contribution in [0, 0.1) is 0 Å².